The minimum atomic E-state index is -0.437. The molecule has 0 spiro atoms. The second kappa shape index (κ2) is 10.2. The summed E-state index contributed by atoms with van der Waals surface area (Å²) in [6, 6.07) is 36.5. The molecule has 0 aliphatic rings. The SMILES string of the molecule is [2H]c1c([2H])c([2H])c2c(-c3cccc4oc5ccc(-c6ccc7c(ccc8ccccc87)c6)cc5c34)c3c([2H])c([2H])c([2H])c([2H])c3c(-c3ccccc3)c2c1[2H]. The minimum Gasteiger partial charge on any atom is -0.456 e. The molecule has 10 rings (SSSR count). The summed E-state index contributed by atoms with van der Waals surface area (Å²) < 4.78 is 78.7. The lowest BCUT2D eigenvalue weighted by Gasteiger charge is -2.18. The number of fused-ring (bicyclic) bond motifs is 8. The van der Waals surface area contributed by atoms with Gasteiger partial charge in [-0.3, -0.25) is 0 Å². The van der Waals surface area contributed by atoms with E-state index in [1.807, 2.05) is 42.5 Å². The molecule has 0 aliphatic heterocycles. The minimum absolute atomic E-state index is 0.169. The number of hydrogen-bond acceptors (Lipinski definition) is 1. The van der Waals surface area contributed by atoms with Crippen LogP contribution in [0.1, 0.15) is 11.0 Å². The van der Waals surface area contributed by atoms with E-state index in [0.717, 1.165) is 27.3 Å². The van der Waals surface area contributed by atoms with Crippen molar-refractivity contribution < 1.29 is 15.4 Å². The molecular weight excluding hydrogens is 569 g/mol. The van der Waals surface area contributed by atoms with Crippen LogP contribution in [0.3, 0.4) is 0 Å². The predicted octanol–water partition coefficient (Wildman–Crippen LogP) is 13.2. The highest BCUT2D eigenvalue weighted by molar-refractivity contribution is 6.25. The van der Waals surface area contributed by atoms with Gasteiger partial charge in [0.2, 0.25) is 0 Å². The van der Waals surface area contributed by atoms with Gasteiger partial charge in [0.25, 0.3) is 0 Å². The van der Waals surface area contributed by atoms with Crippen LogP contribution in [-0.4, -0.2) is 0 Å². The van der Waals surface area contributed by atoms with E-state index < -0.39 is 24.2 Å². The fraction of sp³-hybridized carbons (Fsp3) is 0. The molecule has 1 nitrogen and oxygen atoms in total. The third-order valence-electron chi connectivity index (χ3n) is 9.28. The Labute approximate surface area is 283 Å². The van der Waals surface area contributed by atoms with E-state index in [2.05, 4.69) is 48.5 Å². The average Bonchev–Trinajstić information content (AvgIpc) is 3.60. The Morgan fingerprint density at radius 1 is 0.383 bits per heavy atom. The van der Waals surface area contributed by atoms with Crippen LogP contribution in [-0.2, 0) is 0 Å². The largest absolute Gasteiger partial charge is 0.456 e. The number of furan rings is 1. The van der Waals surface area contributed by atoms with Crippen molar-refractivity contribution in [3.63, 3.8) is 0 Å². The molecule has 10 aromatic rings. The van der Waals surface area contributed by atoms with Gasteiger partial charge in [0.1, 0.15) is 11.2 Å². The van der Waals surface area contributed by atoms with E-state index in [-0.39, 0.29) is 45.7 Å². The standard InChI is InChI=1S/C46H28O/c1-2-12-30(13-3-1)44-36-15-6-8-17-38(36)45(39-18-9-7-16-37(39)44)40-19-10-20-43-46(40)41-28-32(24-26-42(41)47-43)31-23-25-35-33(27-31)22-21-29-11-4-5-14-34(29)35/h1-28H/i6D,7D,8D,9D,15D,16D,17D,18D. The summed E-state index contributed by atoms with van der Waals surface area (Å²) in [5, 5.41) is 6.74. The molecule has 1 heteroatoms. The molecule has 218 valence electrons. The van der Waals surface area contributed by atoms with Crippen molar-refractivity contribution in [1.29, 1.82) is 0 Å². The average molecular weight is 605 g/mol. The molecule has 9 aromatic carbocycles. The van der Waals surface area contributed by atoms with Gasteiger partial charge in [-0.25, -0.2) is 0 Å². The molecule has 0 fully saturated rings. The zero-order chi connectivity index (χ0) is 37.9. The van der Waals surface area contributed by atoms with E-state index in [1.165, 1.54) is 10.8 Å². The molecular formula is C46H28O. The molecule has 0 bridgehead atoms. The lowest BCUT2D eigenvalue weighted by molar-refractivity contribution is 0.669. The first-order valence-corrected chi connectivity index (χ1v) is 15.5. The van der Waals surface area contributed by atoms with Gasteiger partial charge in [0.05, 0.1) is 11.0 Å². The maximum atomic E-state index is 9.36. The van der Waals surface area contributed by atoms with E-state index in [4.69, 9.17) is 9.90 Å². The van der Waals surface area contributed by atoms with E-state index in [0.29, 0.717) is 38.8 Å². The highest BCUT2D eigenvalue weighted by Crippen LogP contribution is 2.47. The summed E-state index contributed by atoms with van der Waals surface area (Å²) in [5.41, 5.74) is 4.80. The lowest BCUT2D eigenvalue weighted by atomic mass is 9.85. The topological polar surface area (TPSA) is 13.1 Å². The van der Waals surface area contributed by atoms with E-state index in [9.17, 15) is 5.48 Å². The van der Waals surface area contributed by atoms with E-state index >= 15 is 0 Å². The van der Waals surface area contributed by atoms with Crippen LogP contribution in [0.2, 0.25) is 0 Å². The Hall–Kier alpha value is -6.18. The zero-order valence-corrected chi connectivity index (χ0v) is 25.0. The van der Waals surface area contributed by atoms with Crippen LogP contribution in [0.4, 0.5) is 0 Å². The van der Waals surface area contributed by atoms with Crippen molar-refractivity contribution in [3.05, 3.63) is 170 Å². The van der Waals surface area contributed by atoms with E-state index in [1.54, 1.807) is 30.3 Å². The summed E-state index contributed by atoms with van der Waals surface area (Å²) in [6.07, 6.45) is 0. The number of rotatable bonds is 3. The summed E-state index contributed by atoms with van der Waals surface area (Å²) in [5.74, 6) is 0. The molecule has 0 atom stereocenters. The molecule has 47 heavy (non-hydrogen) atoms. The lowest BCUT2D eigenvalue weighted by Crippen LogP contribution is -1.91. The monoisotopic (exact) mass is 604 g/mol. The molecule has 1 heterocycles. The molecule has 0 radical (unpaired) electrons. The molecule has 0 aliphatic carbocycles. The quantitative estimate of drug-likeness (QED) is 0.144. The van der Waals surface area contributed by atoms with Gasteiger partial charge < -0.3 is 4.42 Å². The summed E-state index contributed by atoms with van der Waals surface area (Å²) in [6.45, 7) is 0. The Morgan fingerprint density at radius 3 is 1.81 bits per heavy atom. The smallest absolute Gasteiger partial charge is 0.136 e. The van der Waals surface area contributed by atoms with Crippen molar-refractivity contribution in [2.24, 2.45) is 0 Å². The van der Waals surface area contributed by atoms with Gasteiger partial charge >= 0.3 is 0 Å². The summed E-state index contributed by atoms with van der Waals surface area (Å²) in [4.78, 5) is 0. The Balaban J connectivity index is 1.35. The highest BCUT2D eigenvalue weighted by Gasteiger charge is 2.20. The van der Waals surface area contributed by atoms with Crippen molar-refractivity contribution in [3.8, 4) is 33.4 Å². The van der Waals surface area contributed by atoms with Gasteiger partial charge in [-0.15, -0.1) is 0 Å². The molecule has 0 unspecified atom stereocenters. The van der Waals surface area contributed by atoms with Crippen LogP contribution in [0.15, 0.2) is 174 Å². The molecule has 0 saturated heterocycles. The molecule has 0 saturated carbocycles. The van der Waals surface area contributed by atoms with Crippen LogP contribution in [0.5, 0.6) is 0 Å². The molecule has 0 amide bonds. The molecule has 0 N–H and O–H groups in total. The second-order valence-electron chi connectivity index (χ2n) is 11.8. The number of hydrogen-bond donors (Lipinski definition) is 0. The van der Waals surface area contributed by atoms with Crippen LogP contribution in [0.25, 0.3) is 98.4 Å². The van der Waals surface area contributed by atoms with Gasteiger partial charge in [0.15, 0.2) is 0 Å². The van der Waals surface area contributed by atoms with Crippen molar-refractivity contribution in [1.82, 2.24) is 0 Å². The first-order chi connectivity index (χ1) is 26.6. The van der Waals surface area contributed by atoms with Gasteiger partial charge in [-0.1, -0.05) is 145 Å². The Morgan fingerprint density at radius 2 is 1.02 bits per heavy atom. The van der Waals surface area contributed by atoms with Crippen molar-refractivity contribution in [2.45, 2.75) is 0 Å². The summed E-state index contributed by atoms with van der Waals surface area (Å²) in [7, 11) is 0. The second-order valence-corrected chi connectivity index (χ2v) is 11.8. The third-order valence-corrected chi connectivity index (χ3v) is 9.28. The van der Waals surface area contributed by atoms with Gasteiger partial charge in [0, 0.05) is 10.8 Å². The fourth-order valence-electron chi connectivity index (χ4n) is 7.20. The maximum absolute atomic E-state index is 9.36. The normalized spacial score (nSPS) is 14.2. The van der Waals surface area contributed by atoms with Crippen LogP contribution >= 0.6 is 0 Å². The molecule has 1 aromatic heterocycles. The Bertz CT molecular complexity index is 3220. The zero-order valence-electron chi connectivity index (χ0n) is 33.0. The first kappa shape index (κ1) is 19.4. The maximum Gasteiger partial charge on any atom is 0.136 e. The Kier molecular flexibility index (Phi) is 4.19. The van der Waals surface area contributed by atoms with Crippen molar-refractivity contribution in [2.75, 3.05) is 0 Å². The van der Waals surface area contributed by atoms with Gasteiger partial charge in [-0.05, 0) is 101 Å². The van der Waals surface area contributed by atoms with Crippen LogP contribution < -0.4 is 0 Å². The van der Waals surface area contributed by atoms with Crippen molar-refractivity contribution >= 4 is 65.0 Å². The highest BCUT2D eigenvalue weighted by atomic mass is 16.3. The number of benzene rings is 9. The van der Waals surface area contributed by atoms with Crippen LogP contribution in [0, 0.1) is 0 Å². The fourth-order valence-corrected chi connectivity index (χ4v) is 7.20. The first-order valence-electron chi connectivity index (χ1n) is 19.5. The summed E-state index contributed by atoms with van der Waals surface area (Å²) >= 11 is 0. The third kappa shape index (κ3) is 3.97. The van der Waals surface area contributed by atoms with Gasteiger partial charge in [-0.2, -0.15) is 0 Å². The predicted molar refractivity (Wildman–Crippen MR) is 200 cm³/mol.